The summed E-state index contributed by atoms with van der Waals surface area (Å²) in [5.74, 6) is 0.740. The van der Waals surface area contributed by atoms with Crippen LogP contribution in [-0.2, 0) is 9.59 Å². The Morgan fingerprint density at radius 1 is 1.00 bits per heavy atom. The van der Waals surface area contributed by atoms with Crippen molar-refractivity contribution in [3.8, 4) is 5.75 Å². The number of aryl methyl sites for hydroxylation is 1. The molecule has 25 heavy (non-hydrogen) atoms. The van der Waals surface area contributed by atoms with Gasteiger partial charge in [-0.1, -0.05) is 32.0 Å². The lowest BCUT2D eigenvalue weighted by Gasteiger charge is -2.37. The van der Waals surface area contributed by atoms with E-state index in [-0.39, 0.29) is 17.7 Å². The van der Waals surface area contributed by atoms with Crippen molar-refractivity contribution in [3.05, 3.63) is 29.8 Å². The van der Waals surface area contributed by atoms with Gasteiger partial charge in [0.05, 0.1) is 6.04 Å². The van der Waals surface area contributed by atoms with Crippen LogP contribution in [0.4, 0.5) is 0 Å². The molecule has 1 saturated heterocycles. The van der Waals surface area contributed by atoms with Crippen molar-refractivity contribution in [1.82, 2.24) is 9.80 Å². The van der Waals surface area contributed by atoms with Gasteiger partial charge in [0, 0.05) is 26.2 Å². The number of amides is 2. The largest absolute Gasteiger partial charge is 0.481 e. The number of nitrogens with two attached hydrogens (primary N) is 1. The Kier molecular flexibility index (Phi) is 6.42. The van der Waals surface area contributed by atoms with Gasteiger partial charge in [-0.25, -0.2) is 0 Å². The molecule has 1 fully saturated rings. The van der Waals surface area contributed by atoms with Crippen LogP contribution in [0.5, 0.6) is 5.75 Å². The molecule has 6 heteroatoms. The number of carbonyl (C=O) groups excluding carboxylic acids is 2. The highest BCUT2D eigenvalue weighted by molar-refractivity contribution is 5.83. The van der Waals surface area contributed by atoms with Crippen LogP contribution >= 0.6 is 0 Å². The molecule has 2 N–H and O–H groups in total. The Morgan fingerprint density at radius 3 is 2.04 bits per heavy atom. The standard InChI is InChI=1S/C19H29N3O3/c1-13(2)17(20)19(24)22-11-9-21(10-12-22)18(23)15(4)25-16-8-6-5-7-14(16)3/h5-8,13,15,17H,9-12,20H2,1-4H3/t15?,17-/m0/s1. The van der Waals surface area contributed by atoms with Gasteiger partial charge in [-0.3, -0.25) is 9.59 Å². The highest BCUT2D eigenvalue weighted by Gasteiger charge is 2.30. The molecule has 2 atom stereocenters. The average molecular weight is 347 g/mol. The first kappa shape index (κ1) is 19.2. The number of para-hydroxylation sites is 1. The quantitative estimate of drug-likeness (QED) is 0.874. The van der Waals surface area contributed by atoms with Gasteiger partial charge in [-0.15, -0.1) is 0 Å². The highest BCUT2D eigenvalue weighted by Crippen LogP contribution is 2.19. The first-order chi connectivity index (χ1) is 11.8. The molecule has 0 saturated carbocycles. The number of carbonyl (C=O) groups is 2. The summed E-state index contributed by atoms with van der Waals surface area (Å²) in [6.07, 6.45) is -0.554. The van der Waals surface area contributed by atoms with Crippen molar-refractivity contribution in [2.45, 2.75) is 39.8 Å². The van der Waals surface area contributed by atoms with Crippen LogP contribution in [0.3, 0.4) is 0 Å². The zero-order valence-electron chi connectivity index (χ0n) is 15.6. The Balaban J connectivity index is 1.88. The predicted octanol–water partition coefficient (Wildman–Crippen LogP) is 1.42. The van der Waals surface area contributed by atoms with Crippen LogP contribution in [0.2, 0.25) is 0 Å². The maximum atomic E-state index is 12.6. The molecule has 6 nitrogen and oxygen atoms in total. The molecular weight excluding hydrogens is 318 g/mol. The third kappa shape index (κ3) is 4.72. The van der Waals surface area contributed by atoms with E-state index in [4.69, 9.17) is 10.5 Å². The predicted molar refractivity (Wildman–Crippen MR) is 97.2 cm³/mol. The van der Waals surface area contributed by atoms with Gasteiger partial charge in [-0.05, 0) is 31.4 Å². The smallest absolute Gasteiger partial charge is 0.263 e. The molecule has 0 spiro atoms. The van der Waals surface area contributed by atoms with Gasteiger partial charge in [0.15, 0.2) is 6.10 Å². The van der Waals surface area contributed by atoms with Gasteiger partial charge in [0.1, 0.15) is 5.75 Å². The van der Waals surface area contributed by atoms with Crippen LogP contribution in [0.1, 0.15) is 26.3 Å². The Morgan fingerprint density at radius 2 is 1.52 bits per heavy atom. The van der Waals surface area contributed by atoms with Crippen molar-refractivity contribution in [2.24, 2.45) is 11.7 Å². The Hall–Kier alpha value is -2.08. The fourth-order valence-corrected chi connectivity index (χ4v) is 2.83. The van der Waals surface area contributed by atoms with E-state index in [0.29, 0.717) is 26.2 Å². The summed E-state index contributed by atoms with van der Waals surface area (Å²) in [5, 5.41) is 0. The first-order valence-electron chi connectivity index (χ1n) is 8.86. The van der Waals surface area contributed by atoms with E-state index < -0.39 is 12.1 Å². The number of ether oxygens (including phenoxy) is 1. The molecule has 2 rings (SSSR count). The minimum absolute atomic E-state index is 0.0358. The summed E-state index contributed by atoms with van der Waals surface area (Å²) < 4.78 is 5.81. The first-order valence-corrected chi connectivity index (χ1v) is 8.86. The lowest BCUT2D eigenvalue weighted by Crippen LogP contribution is -2.56. The Labute approximate surface area is 149 Å². The van der Waals surface area contributed by atoms with Crippen molar-refractivity contribution >= 4 is 11.8 Å². The number of rotatable bonds is 5. The molecule has 0 bridgehead atoms. The second-order valence-corrected chi connectivity index (χ2v) is 6.95. The molecule has 1 aromatic carbocycles. The summed E-state index contributed by atoms with van der Waals surface area (Å²) in [7, 11) is 0. The molecule has 1 unspecified atom stereocenters. The Bertz CT molecular complexity index is 610. The number of benzene rings is 1. The van der Waals surface area contributed by atoms with Gasteiger partial charge < -0.3 is 20.3 Å². The van der Waals surface area contributed by atoms with Crippen LogP contribution in [0.25, 0.3) is 0 Å². The normalized spacial score (nSPS) is 17.4. The van der Waals surface area contributed by atoms with E-state index in [2.05, 4.69) is 0 Å². The molecular formula is C19H29N3O3. The monoisotopic (exact) mass is 347 g/mol. The maximum absolute atomic E-state index is 12.6. The van der Waals surface area contributed by atoms with E-state index in [9.17, 15) is 9.59 Å². The van der Waals surface area contributed by atoms with Crippen molar-refractivity contribution in [3.63, 3.8) is 0 Å². The zero-order chi connectivity index (χ0) is 18.6. The van der Waals surface area contributed by atoms with Gasteiger partial charge >= 0.3 is 0 Å². The van der Waals surface area contributed by atoms with Crippen LogP contribution < -0.4 is 10.5 Å². The molecule has 1 heterocycles. The summed E-state index contributed by atoms with van der Waals surface area (Å²) >= 11 is 0. The maximum Gasteiger partial charge on any atom is 0.263 e. The van der Waals surface area contributed by atoms with Crippen LogP contribution in [0.15, 0.2) is 24.3 Å². The van der Waals surface area contributed by atoms with E-state index >= 15 is 0 Å². The lowest BCUT2D eigenvalue weighted by atomic mass is 10.0. The van der Waals surface area contributed by atoms with Crippen LogP contribution in [0, 0.1) is 12.8 Å². The third-order valence-corrected chi connectivity index (χ3v) is 4.65. The molecule has 0 aliphatic carbocycles. The topological polar surface area (TPSA) is 75.9 Å². The number of nitrogens with zero attached hydrogens (tertiary/aromatic N) is 2. The van der Waals surface area contributed by atoms with Gasteiger partial charge in [-0.2, -0.15) is 0 Å². The second kappa shape index (κ2) is 8.34. The minimum Gasteiger partial charge on any atom is -0.481 e. The summed E-state index contributed by atoms with van der Waals surface area (Å²) in [6.45, 7) is 9.65. The van der Waals surface area contributed by atoms with Gasteiger partial charge in [0.25, 0.3) is 5.91 Å². The molecule has 1 aromatic rings. The zero-order valence-corrected chi connectivity index (χ0v) is 15.6. The van der Waals surface area contributed by atoms with E-state index in [1.165, 1.54) is 0 Å². The van der Waals surface area contributed by atoms with Crippen molar-refractivity contribution < 1.29 is 14.3 Å². The number of hydrogen-bond acceptors (Lipinski definition) is 4. The molecule has 138 valence electrons. The van der Waals surface area contributed by atoms with Crippen molar-refractivity contribution in [1.29, 1.82) is 0 Å². The van der Waals surface area contributed by atoms with Crippen LogP contribution in [-0.4, -0.2) is 59.9 Å². The fraction of sp³-hybridized carbons (Fsp3) is 0.579. The molecule has 0 aromatic heterocycles. The van der Waals surface area contributed by atoms with E-state index in [0.717, 1.165) is 11.3 Å². The van der Waals surface area contributed by atoms with E-state index in [1.54, 1.807) is 16.7 Å². The van der Waals surface area contributed by atoms with Crippen molar-refractivity contribution in [2.75, 3.05) is 26.2 Å². The third-order valence-electron chi connectivity index (χ3n) is 4.65. The SMILES string of the molecule is Cc1ccccc1OC(C)C(=O)N1CCN(C(=O)[C@@H](N)C(C)C)CC1. The number of hydrogen-bond donors (Lipinski definition) is 1. The summed E-state index contributed by atoms with van der Waals surface area (Å²) in [5.41, 5.74) is 6.94. The fourth-order valence-electron chi connectivity index (χ4n) is 2.83. The summed E-state index contributed by atoms with van der Waals surface area (Å²) in [6, 6.07) is 7.16. The van der Waals surface area contributed by atoms with Gasteiger partial charge in [0.2, 0.25) is 5.91 Å². The highest BCUT2D eigenvalue weighted by atomic mass is 16.5. The number of piperazine rings is 1. The molecule has 1 aliphatic rings. The average Bonchev–Trinajstić information content (AvgIpc) is 2.61. The molecule has 2 amide bonds. The molecule has 1 aliphatic heterocycles. The van der Waals surface area contributed by atoms with E-state index in [1.807, 2.05) is 45.0 Å². The molecule has 0 radical (unpaired) electrons. The summed E-state index contributed by atoms with van der Waals surface area (Å²) in [4.78, 5) is 28.4. The minimum atomic E-state index is -0.554. The lowest BCUT2D eigenvalue weighted by molar-refractivity contribution is -0.144. The second-order valence-electron chi connectivity index (χ2n) is 6.95.